The summed E-state index contributed by atoms with van der Waals surface area (Å²) in [5.74, 6) is 2.06. The van der Waals surface area contributed by atoms with E-state index < -0.39 is 0 Å². The molecule has 1 heterocycles. The molecular weight excluding hydrogens is 232 g/mol. The first-order valence-corrected chi connectivity index (χ1v) is 5.90. The van der Waals surface area contributed by atoms with Crippen LogP contribution >= 0.6 is 15.9 Å². The lowest BCUT2D eigenvalue weighted by molar-refractivity contribution is 0.355. The van der Waals surface area contributed by atoms with E-state index in [2.05, 4.69) is 26.1 Å². The summed E-state index contributed by atoms with van der Waals surface area (Å²) in [4.78, 5) is 0. The minimum atomic E-state index is 0.522. The van der Waals surface area contributed by atoms with E-state index in [4.69, 9.17) is 4.42 Å². The summed E-state index contributed by atoms with van der Waals surface area (Å²) >= 11 is 3.30. The lowest BCUT2D eigenvalue weighted by Gasteiger charge is -2.17. The van der Waals surface area contributed by atoms with Gasteiger partial charge < -0.3 is 4.42 Å². The molecule has 1 fully saturated rings. The molecule has 2 rings (SSSR count). The highest BCUT2D eigenvalue weighted by Gasteiger charge is 2.20. The average molecular weight is 245 g/mol. The van der Waals surface area contributed by atoms with Gasteiger partial charge in [-0.2, -0.15) is 0 Å². The molecule has 0 saturated heterocycles. The first-order chi connectivity index (χ1) is 6.40. The lowest BCUT2D eigenvalue weighted by Crippen LogP contribution is -2.04. The molecule has 4 heteroatoms. The smallest absolute Gasteiger partial charge is 0.227 e. The van der Waals surface area contributed by atoms with Crippen molar-refractivity contribution in [3.05, 3.63) is 11.8 Å². The largest absolute Gasteiger partial charge is 0.424 e. The zero-order chi connectivity index (χ0) is 9.10. The van der Waals surface area contributed by atoms with E-state index in [-0.39, 0.29) is 0 Å². The first-order valence-electron chi connectivity index (χ1n) is 4.78. The van der Waals surface area contributed by atoms with Crippen LogP contribution in [-0.2, 0) is 5.33 Å². The van der Waals surface area contributed by atoms with Gasteiger partial charge >= 0.3 is 0 Å². The van der Waals surface area contributed by atoms with Crippen molar-refractivity contribution in [1.82, 2.24) is 10.2 Å². The van der Waals surface area contributed by atoms with Crippen LogP contribution in [0.2, 0.25) is 0 Å². The van der Waals surface area contributed by atoms with Gasteiger partial charge in [0, 0.05) is 5.92 Å². The molecule has 0 aromatic carbocycles. The SMILES string of the molecule is BrCc1nnc(C2CCCCC2)o1. The molecule has 3 nitrogen and oxygen atoms in total. The monoisotopic (exact) mass is 244 g/mol. The summed E-state index contributed by atoms with van der Waals surface area (Å²) in [5, 5.41) is 8.67. The molecule has 72 valence electrons. The van der Waals surface area contributed by atoms with Crippen molar-refractivity contribution in [2.75, 3.05) is 0 Å². The molecule has 0 atom stereocenters. The van der Waals surface area contributed by atoms with Crippen LogP contribution in [0.1, 0.15) is 49.8 Å². The van der Waals surface area contributed by atoms with Gasteiger partial charge in [-0.15, -0.1) is 10.2 Å². The van der Waals surface area contributed by atoms with Gasteiger partial charge in [0.05, 0.1) is 5.33 Å². The minimum Gasteiger partial charge on any atom is -0.424 e. The molecule has 1 aliphatic carbocycles. The Morgan fingerprint density at radius 3 is 2.62 bits per heavy atom. The fraction of sp³-hybridized carbons (Fsp3) is 0.778. The molecule has 0 N–H and O–H groups in total. The molecule has 0 bridgehead atoms. The number of alkyl halides is 1. The third kappa shape index (κ3) is 2.10. The minimum absolute atomic E-state index is 0.522. The van der Waals surface area contributed by atoms with Crippen molar-refractivity contribution in [2.24, 2.45) is 0 Å². The summed E-state index contributed by atoms with van der Waals surface area (Å²) < 4.78 is 5.50. The van der Waals surface area contributed by atoms with Crippen LogP contribution in [-0.4, -0.2) is 10.2 Å². The number of halogens is 1. The third-order valence-electron chi connectivity index (χ3n) is 2.55. The van der Waals surface area contributed by atoms with Crippen LogP contribution in [0.4, 0.5) is 0 Å². The van der Waals surface area contributed by atoms with Crippen LogP contribution < -0.4 is 0 Å². The second-order valence-corrected chi connectivity index (χ2v) is 4.06. The molecule has 0 radical (unpaired) electrons. The molecule has 0 unspecified atom stereocenters. The number of rotatable bonds is 2. The van der Waals surface area contributed by atoms with E-state index in [9.17, 15) is 0 Å². The third-order valence-corrected chi connectivity index (χ3v) is 3.03. The number of hydrogen-bond donors (Lipinski definition) is 0. The molecular formula is C9H13BrN2O. The van der Waals surface area contributed by atoms with Crippen molar-refractivity contribution >= 4 is 15.9 Å². The Labute approximate surface area is 86.0 Å². The first kappa shape index (κ1) is 9.19. The van der Waals surface area contributed by atoms with E-state index in [0.29, 0.717) is 17.1 Å². The predicted octanol–water partition coefficient (Wildman–Crippen LogP) is 3.01. The molecule has 1 aromatic rings. The molecule has 1 aromatic heterocycles. The second-order valence-electron chi connectivity index (χ2n) is 3.50. The Bertz CT molecular complexity index is 268. The zero-order valence-corrected chi connectivity index (χ0v) is 9.09. The van der Waals surface area contributed by atoms with Crippen LogP contribution in [0.15, 0.2) is 4.42 Å². The average Bonchev–Trinajstić information content (AvgIpc) is 2.67. The van der Waals surface area contributed by atoms with Crippen LogP contribution in [0, 0.1) is 0 Å². The van der Waals surface area contributed by atoms with Gasteiger partial charge in [-0.25, -0.2) is 0 Å². The Balaban J connectivity index is 2.05. The van der Waals surface area contributed by atoms with E-state index >= 15 is 0 Å². The molecule has 1 saturated carbocycles. The van der Waals surface area contributed by atoms with Gasteiger partial charge in [-0.3, -0.25) is 0 Å². The van der Waals surface area contributed by atoms with Crippen LogP contribution in [0.5, 0.6) is 0 Å². The maximum Gasteiger partial charge on any atom is 0.227 e. The maximum atomic E-state index is 5.50. The summed E-state index contributed by atoms with van der Waals surface area (Å²) in [5.41, 5.74) is 0. The van der Waals surface area contributed by atoms with Crippen molar-refractivity contribution in [3.63, 3.8) is 0 Å². The van der Waals surface area contributed by atoms with Crippen molar-refractivity contribution in [2.45, 2.75) is 43.4 Å². The normalized spacial score (nSPS) is 19.2. The van der Waals surface area contributed by atoms with Crippen LogP contribution in [0.25, 0.3) is 0 Å². The molecule has 0 aliphatic heterocycles. The topological polar surface area (TPSA) is 38.9 Å². The Hall–Kier alpha value is -0.380. The summed E-state index contributed by atoms with van der Waals surface area (Å²) in [6.45, 7) is 0. The van der Waals surface area contributed by atoms with Gasteiger partial charge in [0.25, 0.3) is 0 Å². The molecule has 13 heavy (non-hydrogen) atoms. The molecule has 0 amide bonds. The Morgan fingerprint density at radius 2 is 2.00 bits per heavy atom. The summed E-state index contributed by atoms with van der Waals surface area (Å²) in [7, 11) is 0. The van der Waals surface area contributed by atoms with E-state index in [1.165, 1.54) is 32.1 Å². The summed E-state index contributed by atoms with van der Waals surface area (Å²) in [6, 6.07) is 0. The van der Waals surface area contributed by atoms with E-state index in [1.54, 1.807) is 0 Å². The van der Waals surface area contributed by atoms with E-state index in [0.717, 1.165) is 5.89 Å². The molecule has 1 aliphatic rings. The maximum absolute atomic E-state index is 5.50. The predicted molar refractivity (Wildman–Crippen MR) is 52.8 cm³/mol. The zero-order valence-electron chi connectivity index (χ0n) is 7.50. The highest BCUT2D eigenvalue weighted by molar-refractivity contribution is 9.08. The highest BCUT2D eigenvalue weighted by Crippen LogP contribution is 2.31. The van der Waals surface area contributed by atoms with Gasteiger partial charge in [0.2, 0.25) is 11.8 Å². The van der Waals surface area contributed by atoms with Crippen LogP contribution in [0.3, 0.4) is 0 Å². The quantitative estimate of drug-likeness (QED) is 0.752. The van der Waals surface area contributed by atoms with Crippen molar-refractivity contribution in [3.8, 4) is 0 Å². The Morgan fingerprint density at radius 1 is 1.23 bits per heavy atom. The number of nitrogens with zero attached hydrogens (tertiary/aromatic N) is 2. The van der Waals surface area contributed by atoms with E-state index in [1.807, 2.05) is 0 Å². The number of aromatic nitrogens is 2. The highest BCUT2D eigenvalue weighted by atomic mass is 79.9. The second kappa shape index (κ2) is 4.22. The van der Waals surface area contributed by atoms with Crippen molar-refractivity contribution < 1.29 is 4.42 Å². The summed E-state index contributed by atoms with van der Waals surface area (Å²) in [6.07, 6.45) is 6.39. The lowest BCUT2D eigenvalue weighted by atomic mass is 9.89. The molecule has 0 spiro atoms. The fourth-order valence-electron chi connectivity index (χ4n) is 1.84. The Kier molecular flexibility index (Phi) is 2.98. The fourth-order valence-corrected chi connectivity index (χ4v) is 2.06. The van der Waals surface area contributed by atoms with Gasteiger partial charge in [0.1, 0.15) is 0 Å². The van der Waals surface area contributed by atoms with Gasteiger partial charge in [-0.05, 0) is 12.8 Å². The number of hydrogen-bond acceptors (Lipinski definition) is 3. The van der Waals surface area contributed by atoms with Gasteiger partial charge in [0.15, 0.2) is 0 Å². The standard InChI is InChI=1S/C9H13BrN2O/c10-6-8-11-12-9(13-8)7-4-2-1-3-5-7/h7H,1-6H2. The van der Waals surface area contributed by atoms with Gasteiger partial charge in [-0.1, -0.05) is 35.2 Å². The van der Waals surface area contributed by atoms with Crippen molar-refractivity contribution in [1.29, 1.82) is 0 Å².